The molecule has 1 N–H and O–H groups in total. The highest BCUT2D eigenvalue weighted by atomic mass is 19.4. The molecule has 0 radical (unpaired) electrons. The lowest BCUT2D eigenvalue weighted by Crippen LogP contribution is -2.48. The number of benzene rings is 3. The summed E-state index contributed by atoms with van der Waals surface area (Å²) in [4.78, 5) is 17.1. The smallest absolute Gasteiger partial charge is 0.326 e. The average molecular weight is 466 g/mol. The van der Waals surface area contributed by atoms with Crippen molar-refractivity contribution in [1.29, 1.82) is 0 Å². The van der Waals surface area contributed by atoms with Gasteiger partial charge in [-0.25, -0.2) is 0 Å². The van der Waals surface area contributed by atoms with Gasteiger partial charge in [-0.2, -0.15) is 13.2 Å². The third-order valence-electron chi connectivity index (χ3n) is 6.70. The number of hydrogen-bond donors (Lipinski definition) is 1. The zero-order valence-electron chi connectivity index (χ0n) is 18.7. The van der Waals surface area contributed by atoms with Gasteiger partial charge in [-0.1, -0.05) is 54.6 Å². The Kier molecular flexibility index (Phi) is 6.15. The second-order valence-electron chi connectivity index (χ2n) is 8.83. The van der Waals surface area contributed by atoms with Crippen LogP contribution < -0.4 is 5.32 Å². The van der Waals surface area contributed by atoms with Crippen molar-refractivity contribution < 1.29 is 18.0 Å². The predicted octanol–water partition coefficient (Wildman–Crippen LogP) is 5.42. The molecule has 2 aliphatic rings. The maximum atomic E-state index is 12.9. The zero-order chi connectivity index (χ0) is 23.7. The summed E-state index contributed by atoms with van der Waals surface area (Å²) in [6, 6.07) is 22.1. The molecule has 1 aliphatic carbocycles. The quantitative estimate of drug-likeness (QED) is 0.547. The Morgan fingerprint density at radius 3 is 2.09 bits per heavy atom. The normalized spacial score (nSPS) is 16.8. The van der Waals surface area contributed by atoms with Crippen LogP contribution in [0.4, 0.5) is 18.9 Å². The minimum Gasteiger partial charge on any atom is -0.326 e. The molecule has 1 amide bonds. The molecule has 176 valence electrons. The molecule has 7 heteroatoms. The number of hydrogen-bond acceptors (Lipinski definition) is 3. The van der Waals surface area contributed by atoms with Crippen molar-refractivity contribution in [2.45, 2.75) is 18.6 Å². The van der Waals surface area contributed by atoms with Crippen LogP contribution in [0.2, 0.25) is 0 Å². The van der Waals surface area contributed by atoms with Gasteiger partial charge in [-0.15, -0.1) is 0 Å². The van der Waals surface area contributed by atoms with E-state index in [0.29, 0.717) is 6.54 Å². The molecule has 0 aromatic heterocycles. The van der Waals surface area contributed by atoms with E-state index in [2.05, 4.69) is 63.6 Å². The van der Waals surface area contributed by atoms with Crippen molar-refractivity contribution in [2.75, 3.05) is 38.0 Å². The van der Waals surface area contributed by atoms with Crippen LogP contribution >= 0.6 is 0 Å². The third kappa shape index (κ3) is 4.58. The van der Waals surface area contributed by atoms with E-state index in [9.17, 15) is 18.0 Å². The van der Waals surface area contributed by atoms with Crippen LogP contribution in [-0.2, 0) is 11.0 Å². The summed E-state index contributed by atoms with van der Waals surface area (Å²) < 4.78 is 38.6. The second kappa shape index (κ2) is 9.24. The molecule has 1 fully saturated rings. The molecule has 1 aliphatic heterocycles. The fraction of sp³-hybridized carbons (Fsp3) is 0.296. The highest BCUT2D eigenvalue weighted by Crippen LogP contribution is 2.46. The maximum absolute atomic E-state index is 12.9. The van der Waals surface area contributed by atoms with Crippen molar-refractivity contribution in [3.63, 3.8) is 0 Å². The first-order valence-electron chi connectivity index (χ1n) is 11.5. The Balaban J connectivity index is 1.16. The summed E-state index contributed by atoms with van der Waals surface area (Å²) in [5, 5.41) is 2.59. The van der Waals surface area contributed by atoms with E-state index in [1.54, 1.807) is 0 Å². The van der Waals surface area contributed by atoms with Gasteiger partial charge in [0.1, 0.15) is 0 Å². The van der Waals surface area contributed by atoms with Crippen LogP contribution in [0.3, 0.4) is 0 Å². The van der Waals surface area contributed by atoms with Crippen molar-refractivity contribution in [3.05, 3.63) is 89.5 Å². The van der Waals surface area contributed by atoms with Gasteiger partial charge >= 0.3 is 6.18 Å². The van der Waals surface area contributed by atoms with E-state index >= 15 is 0 Å². The number of halogens is 3. The van der Waals surface area contributed by atoms with E-state index in [-0.39, 0.29) is 24.1 Å². The molecule has 0 spiro atoms. The van der Waals surface area contributed by atoms with Gasteiger partial charge in [0.2, 0.25) is 5.91 Å². The molecule has 34 heavy (non-hydrogen) atoms. The minimum absolute atomic E-state index is 0.170. The number of anilines is 1. The van der Waals surface area contributed by atoms with Crippen molar-refractivity contribution in [3.8, 4) is 11.1 Å². The van der Waals surface area contributed by atoms with Crippen LogP contribution in [0, 0.1) is 0 Å². The predicted molar refractivity (Wildman–Crippen MR) is 126 cm³/mol. The molecular formula is C27H26F3N3O. The molecule has 3 aromatic carbocycles. The van der Waals surface area contributed by atoms with E-state index in [0.717, 1.165) is 38.3 Å². The average Bonchev–Trinajstić information content (AvgIpc) is 3.17. The summed E-state index contributed by atoms with van der Waals surface area (Å²) in [6.07, 6.45) is -4.19. The molecule has 5 rings (SSSR count). The SMILES string of the molecule is O=C(CCN1CCN(C2c3ccccc3-c3ccccc32)CC1)Nc1cccc(C(F)(F)F)c1. The summed E-state index contributed by atoms with van der Waals surface area (Å²) >= 11 is 0. The molecule has 1 heterocycles. The van der Waals surface area contributed by atoms with Crippen LogP contribution in [0.25, 0.3) is 11.1 Å². The first-order chi connectivity index (χ1) is 16.4. The van der Waals surface area contributed by atoms with Gasteiger partial charge in [0, 0.05) is 44.8 Å². The summed E-state index contributed by atoms with van der Waals surface area (Å²) in [5.41, 5.74) is 4.70. The Morgan fingerprint density at radius 1 is 0.853 bits per heavy atom. The Labute approximate surface area is 197 Å². The van der Waals surface area contributed by atoms with E-state index in [1.807, 2.05) is 0 Å². The number of rotatable bonds is 5. The van der Waals surface area contributed by atoms with Crippen molar-refractivity contribution in [1.82, 2.24) is 9.80 Å². The first-order valence-corrected chi connectivity index (χ1v) is 11.5. The van der Waals surface area contributed by atoms with Crippen LogP contribution in [-0.4, -0.2) is 48.4 Å². The fourth-order valence-electron chi connectivity index (χ4n) is 5.02. The summed E-state index contributed by atoms with van der Waals surface area (Å²) in [6.45, 7) is 4.05. The summed E-state index contributed by atoms with van der Waals surface area (Å²) in [7, 11) is 0. The van der Waals surface area contributed by atoms with Gasteiger partial charge in [-0.3, -0.25) is 9.69 Å². The molecule has 3 aromatic rings. The van der Waals surface area contributed by atoms with E-state index in [4.69, 9.17) is 0 Å². The van der Waals surface area contributed by atoms with Crippen LogP contribution in [0.15, 0.2) is 72.8 Å². The number of carbonyl (C=O) groups is 1. The van der Waals surface area contributed by atoms with Gasteiger partial charge in [0.05, 0.1) is 11.6 Å². The maximum Gasteiger partial charge on any atom is 0.416 e. The zero-order valence-corrected chi connectivity index (χ0v) is 18.7. The number of fused-ring (bicyclic) bond motifs is 3. The van der Waals surface area contributed by atoms with Crippen LogP contribution in [0.1, 0.15) is 29.2 Å². The number of carbonyl (C=O) groups excluding carboxylic acids is 1. The highest BCUT2D eigenvalue weighted by molar-refractivity contribution is 5.90. The second-order valence-corrected chi connectivity index (χ2v) is 8.83. The molecule has 4 nitrogen and oxygen atoms in total. The molecular weight excluding hydrogens is 439 g/mol. The van der Waals surface area contributed by atoms with Crippen molar-refractivity contribution >= 4 is 11.6 Å². The third-order valence-corrected chi connectivity index (χ3v) is 6.70. The first kappa shape index (κ1) is 22.6. The van der Waals surface area contributed by atoms with Gasteiger partial charge < -0.3 is 10.2 Å². The molecule has 0 saturated carbocycles. The highest BCUT2D eigenvalue weighted by Gasteiger charge is 2.34. The minimum atomic E-state index is -4.43. The topological polar surface area (TPSA) is 35.6 Å². The van der Waals surface area contributed by atoms with Gasteiger partial charge in [-0.05, 0) is 40.5 Å². The molecule has 0 bridgehead atoms. The standard InChI is InChI=1S/C27H26F3N3O/c28-27(29,30)19-6-5-7-20(18-19)31-25(34)12-13-32-14-16-33(17-15-32)26-23-10-3-1-8-21(23)22-9-2-4-11-24(22)26/h1-11,18,26H,12-17H2,(H,31,34). The lowest BCUT2D eigenvalue weighted by atomic mass is 10.0. The summed E-state index contributed by atoms with van der Waals surface area (Å²) in [5.74, 6) is -0.277. The lowest BCUT2D eigenvalue weighted by molar-refractivity contribution is -0.137. The fourth-order valence-corrected chi connectivity index (χ4v) is 5.02. The number of nitrogens with zero attached hydrogens (tertiary/aromatic N) is 2. The number of amides is 1. The van der Waals surface area contributed by atoms with E-state index in [1.165, 1.54) is 34.4 Å². The molecule has 1 saturated heterocycles. The lowest BCUT2D eigenvalue weighted by Gasteiger charge is -2.38. The largest absolute Gasteiger partial charge is 0.416 e. The van der Waals surface area contributed by atoms with Gasteiger partial charge in [0.15, 0.2) is 0 Å². The number of piperazine rings is 1. The van der Waals surface area contributed by atoms with Gasteiger partial charge in [0.25, 0.3) is 0 Å². The molecule has 0 atom stereocenters. The monoisotopic (exact) mass is 465 g/mol. The molecule has 0 unspecified atom stereocenters. The Bertz CT molecular complexity index is 1140. The number of nitrogens with one attached hydrogen (secondary N) is 1. The Morgan fingerprint density at radius 2 is 1.47 bits per heavy atom. The van der Waals surface area contributed by atoms with E-state index < -0.39 is 11.7 Å². The van der Waals surface area contributed by atoms with Crippen LogP contribution in [0.5, 0.6) is 0 Å². The number of alkyl halides is 3. The van der Waals surface area contributed by atoms with Crippen molar-refractivity contribution in [2.24, 2.45) is 0 Å². The Hall–Kier alpha value is -3.16.